The van der Waals surface area contributed by atoms with Gasteiger partial charge in [0.05, 0.1) is 5.36 Å². The predicted octanol–water partition coefficient (Wildman–Crippen LogP) is 5.04. The van der Waals surface area contributed by atoms with Crippen LogP contribution < -0.4 is 10.6 Å². The summed E-state index contributed by atoms with van der Waals surface area (Å²) in [4.78, 5) is 7.14. The van der Waals surface area contributed by atoms with Crippen LogP contribution in [0.5, 0.6) is 0 Å². The summed E-state index contributed by atoms with van der Waals surface area (Å²) in [6.07, 6.45) is 4.08. The van der Waals surface area contributed by atoms with Crippen molar-refractivity contribution < 1.29 is 0 Å². The van der Waals surface area contributed by atoms with E-state index in [4.69, 9.17) is 16.6 Å². The van der Waals surface area contributed by atoms with E-state index >= 15 is 0 Å². The Labute approximate surface area is 178 Å². The van der Waals surface area contributed by atoms with Gasteiger partial charge in [0, 0.05) is 31.2 Å². The summed E-state index contributed by atoms with van der Waals surface area (Å²) < 4.78 is 0. The first kappa shape index (κ1) is 19.1. The molecule has 3 aromatic carbocycles. The molecule has 1 atom stereocenters. The lowest BCUT2D eigenvalue weighted by atomic mass is 9.81. The van der Waals surface area contributed by atoms with Crippen LogP contribution in [0, 0.1) is 11.3 Å². The number of nitrogens with zero attached hydrogens (tertiary/aromatic N) is 2. The van der Waals surface area contributed by atoms with Crippen molar-refractivity contribution in [3.8, 4) is 6.07 Å². The lowest BCUT2D eigenvalue weighted by molar-refractivity contribution is 0.727. The van der Waals surface area contributed by atoms with Crippen molar-refractivity contribution in [1.29, 1.82) is 5.26 Å². The zero-order valence-corrected chi connectivity index (χ0v) is 17.8. The number of nitriles is 1. The van der Waals surface area contributed by atoms with Crippen LogP contribution in [-0.4, -0.2) is 12.5 Å². The molecule has 1 heterocycles. The number of hydrogen-bond acceptors (Lipinski definition) is 4. The number of halogens is 1. The van der Waals surface area contributed by atoms with Crippen molar-refractivity contribution in [2.45, 2.75) is 15.3 Å². The van der Waals surface area contributed by atoms with E-state index < -0.39 is 5.54 Å². The molecule has 4 rings (SSSR count). The second kappa shape index (κ2) is 7.67. The topological polar surface area (TPSA) is 36.1 Å². The summed E-state index contributed by atoms with van der Waals surface area (Å²) in [6.45, 7) is 0. The highest BCUT2D eigenvalue weighted by atomic mass is 35.5. The van der Waals surface area contributed by atoms with Gasteiger partial charge in [-0.1, -0.05) is 48.0 Å². The summed E-state index contributed by atoms with van der Waals surface area (Å²) in [5.74, 6) is 0. The molecular weight excluding hydrogens is 404 g/mol. The largest absolute Gasteiger partial charge is 0.253 e. The molecule has 0 bridgehead atoms. The molecule has 0 aromatic heterocycles. The van der Waals surface area contributed by atoms with Gasteiger partial charge in [-0.25, -0.2) is 0 Å². The van der Waals surface area contributed by atoms with Gasteiger partial charge in [-0.05, 0) is 48.4 Å². The minimum absolute atomic E-state index is 0.639. The Morgan fingerprint density at radius 1 is 0.929 bits per heavy atom. The molecule has 0 N–H and O–H groups in total. The fraction of sp³-hybridized carbons (Fsp3) is 0.130. The minimum Gasteiger partial charge on any atom is -0.253 e. The van der Waals surface area contributed by atoms with Crippen LogP contribution in [-0.2, 0) is 5.54 Å². The Hall–Kier alpha value is -2.19. The first-order valence-electron chi connectivity index (χ1n) is 8.73. The van der Waals surface area contributed by atoms with Crippen LogP contribution in [0.4, 0.5) is 0 Å². The standard InChI is InChI=1S/C23H17ClN2S2/c1-27-20-9-5-3-7-16(20)22-17-13-15(24)11-12-19(17)26-23(22,14-25)18-8-4-6-10-21(18)28-2/h3-13H,1-2H3. The molecule has 3 aromatic rings. The van der Waals surface area contributed by atoms with Crippen LogP contribution >= 0.6 is 35.1 Å². The zero-order chi connectivity index (χ0) is 19.7. The number of benzene rings is 3. The third-order valence-electron chi connectivity index (χ3n) is 4.91. The summed E-state index contributed by atoms with van der Waals surface area (Å²) in [6, 6.07) is 24.4. The summed E-state index contributed by atoms with van der Waals surface area (Å²) in [7, 11) is 0. The number of thioether (sulfide) groups is 2. The quantitative estimate of drug-likeness (QED) is 0.555. The van der Waals surface area contributed by atoms with Gasteiger partial charge in [0.2, 0.25) is 0 Å². The fourth-order valence-corrected chi connectivity index (χ4v) is 5.14. The number of hydrogen-bond donors (Lipinski definition) is 0. The first-order valence-corrected chi connectivity index (χ1v) is 11.6. The van der Waals surface area contributed by atoms with E-state index in [1.54, 1.807) is 23.5 Å². The van der Waals surface area contributed by atoms with Gasteiger partial charge in [0.1, 0.15) is 6.07 Å². The van der Waals surface area contributed by atoms with Gasteiger partial charge in [0.15, 0.2) is 5.54 Å². The average Bonchev–Trinajstić information content (AvgIpc) is 3.07. The van der Waals surface area contributed by atoms with Gasteiger partial charge in [0.25, 0.3) is 0 Å². The molecule has 1 aliphatic rings. The van der Waals surface area contributed by atoms with Gasteiger partial charge in [-0.2, -0.15) is 5.26 Å². The Balaban J connectivity index is 2.18. The van der Waals surface area contributed by atoms with Crippen LogP contribution in [0.2, 0.25) is 5.02 Å². The molecular formula is C23H17ClN2S2. The van der Waals surface area contributed by atoms with Gasteiger partial charge in [-0.15, -0.1) is 23.5 Å². The molecule has 28 heavy (non-hydrogen) atoms. The fourth-order valence-electron chi connectivity index (χ4n) is 3.71. The lowest BCUT2D eigenvalue weighted by Crippen LogP contribution is -2.27. The second-order valence-electron chi connectivity index (χ2n) is 6.37. The maximum absolute atomic E-state index is 10.5. The van der Waals surface area contributed by atoms with E-state index in [2.05, 4.69) is 18.2 Å². The highest BCUT2D eigenvalue weighted by Gasteiger charge is 2.42. The molecule has 5 heteroatoms. The highest BCUT2D eigenvalue weighted by Crippen LogP contribution is 2.44. The normalized spacial score (nSPS) is 17.7. The monoisotopic (exact) mass is 420 g/mol. The third-order valence-corrected chi connectivity index (χ3v) is 6.74. The van der Waals surface area contributed by atoms with Gasteiger partial charge >= 0.3 is 0 Å². The van der Waals surface area contributed by atoms with Crippen molar-refractivity contribution in [3.05, 3.63) is 93.5 Å². The number of rotatable bonds is 4. The minimum atomic E-state index is -1.11. The Kier molecular flexibility index (Phi) is 5.25. The average molecular weight is 421 g/mol. The molecule has 0 saturated heterocycles. The Bertz CT molecular complexity index is 1230. The predicted molar refractivity (Wildman–Crippen MR) is 118 cm³/mol. The third kappa shape index (κ3) is 2.95. The second-order valence-corrected chi connectivity index (χ2v) is 8.50. The lowest BCUT2D eigenvalue weighted by Gasteiger charge is -2.26. The zero-order valence-electron chi connectivity index (χ0n) is 15.4. The molecule has 1 unspecified atom stereocenters. The molecule has 0 saturated carbocycles. The van der Waals surface area contributed by atoms with Crippen molar-refractivity contribution in [3.63, 3.8) is 0 Å². The summed E-state index contributed by atoms with van der Waals surface area (Å²) >= 11 is 9.64. The van der Waals surface area contributed by atoms with Crippen LogP contribution in [0.3, 0.4) is 0 Å². The van der Waals surface area contributed by atoms with E-state index in [1.807, 2.05) is 67.1 Å². The van der Waals surface area contributed by atoms with E-state index in [-0.39, 0.29) is 0 Å². The maximum Gasteiger partial charge on any atom is 0.199 e. The smallest absolute Gasteiger partial charge is 0.199 e. The summed E-state index contributed by atoms with van der Waals surface area (Å²) in [5, 5.41) is 12.9. The maximum atomic E-state index is 10.5. The van der Waals surface area contributed by atoms with Crippen molar-refractivity contribution in [2.24, 2.45) is 4.99 Å². The first-order chi connectivity index (χ1) is 13.6. The summed E-state index contributed by atoms with van der Waals surface area (Å²) in [5.41, 5.74) is 1.72. The highest BCUT2D eigenvalue weighted by molar-refractivity contribution is 7.98. The molecule has 0 amide bonds. The van der Waals surface area contributed by atoms with Crippen molar-refractivity contribution in [1.82, 2.24) is 0 Å². The SMILES string of the molecule is CSc1ccccc1C1=c2cc(Cl)ccc2=NC1(C#N)c1ccccc1SC. The van der Waals surface area contributed by atoms with E-state index in [0.29, 0.717) is 5.02 Å². The molecule has 0 aliphatic carbocycles. The molecule has 0 radical (unpaired) electrons. The van der Waals surface area contributed by atoms with Crippen LogP contribution in [0.15, 0.2) is 81.5 Å². The van der Waals surface area contributed by atoms with Crippen molar-refractivity contribution in [2.75, 3.05) is 12.5 Å². The van der Waals surface area contributed by atoms with Crippen LogP contribution in [0.1, 0.15) is 11.1 Å². The molecule has 1 aliphatic heterocycles. The molecule has 0 spiro atoms. The van der Waals surface area contributed by atoms with Gasteiger partial charge in [-0.3, -0.25) is 4.99 Å². The van der Waals surface area contributed by atoms with Gasteiger partial charge < -0.3 is 0 Å². The number of fused-ring (bicyclic) bond motifs is 1. The van der Waals surface area contributed by atoms with Crippen molar-refractivity contribution >= 4 is 40.7 Å². The molecule has 2 nitrogen and oxygen atoms in total. The molecule has 0 fully saturated rings. The van der Waals surface area contributed by atoms with E-state index in [0.717, 1.165) is 37.1 Å². The molecule has 138 valence electrons. The van der Waals surface area contributed by atoms with E-state index in [9.17, 15) is 5.26 Å². The van der Waals surface area contributed by atoms with Crippen LogP contribution in [0.25, 0.3) is 5.57 Å². The Morgan fingerprint density at radius 2 is 1.61 bits per heavy atom. The Morgan fingerprint density at radius 3 is 2.32 bits per heavy atom. The van der Waals surface area contributed by atoms with E-state index in [1.165, 1.54) is 0 Å².